The van der Waals surface area contributed by atoms with Crippen molar-refractivity contribution in [2.24, 2.45) is 5.92 Å². The van der Waals surface area contributed by atoms with Gasteiger partial charge in [-0.05, 0) is 38.3 Å². The van der Waals surface area contributed by atoms with E-state index in [1.165, 1.54) is 0 Å². The van der Waals surface area contributed by atoms with Gasteiger partial charge in [-0.25, -0.2) is 0 Å². The lowest BCUT2D eigenvalue weighted by Gasteiger charge is -2.12. The second-order valence-corrected chi connectivity index (χ2v) is 7.36. The average Bonchev–Trinajstić information content (AvgIpc) is 3.30. The van der Waals surface area contributed by atoms with Crippen LogP contribution in [0.4, 0.5) is 5.69 Å². The van der Waals surface area contributed by atoms with Crippen molar-refractivity contribution in [1.29, 1.82) is 5.26 Å². The first kappa shape index (κ1) is 20.1. The van der Waals surface area contributed by atoms with Crippen molar-refractivity contribution in [3.05, 3.63) is 77.3 Å². The molecule has 2 heterocycles. The molecular weight excluding hydrogens is 392 g/mol. The zero-order valence-corrected chi connectivity index (χ0v) is 17.3. The predicted molar refractivity (Wildman–Crippen MR) is 116 cm³/mol. The number of Topliss-reactive ketones (excluding diaryl/α,β-unsaturated/α-hetero) is 1. The van der Waals surface area contributed by atoms with E-state index in [1.807, 2.05) is 49.4 Å². The zero-order valence-electron chi connectivity index (χ0n) is 17.3. The molecule has 1 unspecified atom stereocenters. The lowest BCUT2D eigenvalue weighted by molar-refractivity contribution is -0.117. The van der Waals surface area contributed by atoms with Gasteiger partial charge in [0.1, 0.15) is 5.76 Å². The molecule has 0 aliphatic rings. The van der Waals surface area contributed by atoms with Crippen LogP contribution in [0, 0.1) is 38.0 Å². The molecule has 0 radical (unpaired) electrons. The summed E-state index contributed by atoms with van der Waals surface area (Å²) in [7, 11) is 0. The quantitative estimate of drug-likeness (QED) is 0.384. The number of fused-ring (bicyclic) bond motifs is 1. The molecule has 1 N–H and O–H groups in total. The van der Waals surface area contributed by atoms with Crippen LogP contribution in [0.15, 0.2) is 59.1 Å². The van der Waals surface area contributed by atoms with Crippen LogP contribution in [0.2, 0.25) is 0 Å². The van der Waals surface area contributed by atoms with Gasteiger partial charge in [-0.15, -0.1) is 0 Å². The number of aryl methyl sites for hydroxylation is 2. The number of amides is 1. The van der Waals surface area contributed by atoms with Crippen molar-refractivity contribution in [2.45, 2.75) is 20.8 Å². The fourth-order valence-electron chi connectivity index (χ4n) is 3.75. The minimum atomic E-state index is -1.48. The smallest absolute Gasteiger partial charge is 0.249 e. The minimum Gasteiger partial charge on any atom is -0.360 e. The highest BCUT2D eigenvalue weighted by molar-refractivity contribution is 6.17. The number of hydrogen-bond acceptors (Lipinski definition) is 5. The van der Waals surface area contributed by atoms with Gasteiger partial charge in [-0.1, -0.05) is 41.6 Å². The number of hydrogen-bond donors (Lipinski definition) is 1. The number of carbonyl (C=O) groups is 2. The Morgan fingerprint density at radius 2 is 1.84 bits per heavy atom. The standard InChI is InChI=1S/C24H20N4O3/c1-14-11-19(16(3)28(14)22-12-15(2)31-27-22)23(29)20(13-25)24(30)26-21-10-6-8-17-7-4-5-9-18(17)21/h4-12,20H,1-3H3,(H,26,30). The van der Waals surface area contributed by atoms with Crippen LogP contribution in [-0.4, -0.2) is 21.4 Å². The molecule has 1 amide bonds. The molecule has 0 spiro atoms. The third-order valence-electron chi connectivity index (χ3n) is 5.24. The van der Waals surface area contributed by atoms with Gasteiger partial charge in [0, 0.05) is 34.1 Å². The van der Waals surface area contributed by atoms with Gasteiger partial charge in [-0.2, -0.15) is 5.26 Å². The van der Waals surface area contributed by atoms with Gasteiger partial charge in [0.15, 0.2) is 17.5 Å². The number of carbonyl (C=O) groups excluding carboxylic acids is 2. The maximum absolute atomic E-state index is 13.2. The number of aromatic nitrogens is 2. The topological polar surface area (TPSA) is 101 Å². The lowest BCUT2D eigenvalue weighted by atomic mass is 9.97. The Morgan fingerprint density at radius 1 is 1.10 bits per heavy atom. The van der Waals surface area contributed by atoms with E-state index in [1.54, 1.807) is 36.6 Å². The number of nitrogens with one attached hydrogen (secondary N) is 1. The molecular formula is C24H20N4O3. The monoisotopic (exact) mass is 412 g/mol. The third kappa shape index (κ3) is 3.60. The third-order valence-corrected chi connectivity index (χ3v) is 5.24. The number of ketones is 1. The summed E-state index contributed by atoms with van der Waals surface area (Å²) in [5.41, 5.74) is 2.20. The molecule has 2 aromatic carbocycles. The number of nitrogens with zero attached hydrogens (tertiary/aromatic N) is 3. The van der Waals surface area contributed by atoms with E-state index in [2.05, 4.69) is 10.5 Å². The summed E-state index contributed by atoms with van der Waals surface area (Å²) >= 11 is 0. The molecule has 0 bridgehead atoms. The van der Waals surface area contributed by atoms with Crippen LogP contribution < -0.4 is 5.32 Å². The molecule has 7 nitrogen and oxygen atoms in total. The van der Waals surface area contributed by atoms with Crippen molar-refractivity contribution in [3.8, 4) is 11.9 Å². The van der Waals surface area contributed by atoms with Crippen LogP contribution in [0.25, 0.3) is 16.6 Å². The Morgan fingerprint density at radius 3 is 2.55 bits per heavy atom. The first-order valence-electron chi connectivity index (χ1n) is 9.76. The summed E-state index contributed by atoms with van der Waals surface area (Å²) < 4.78 is 6.90. The predicted octanol–water partition coefficient (Wildman–Crippen LogP) is 4.50. The first-order valence-corrected chi connectivity index (χ1v) is 9.76. The summed E-state index contributed by atoms with van der Waals surface area (Å²) in [5, 5.41) is 18.2. The lowest BCUT2D eigenvalue weighted by Crippen LogP contribution is -2.29. The average molecular weight is 412 g/mol. The highest BCUT2D eigenvalue weighted by atomic mass is 16.5. The van der Waals surface area contributed by atoms with Crippen LogP contribution in [0.5, 0.6) is 0 Å². The highest BCUT2D eigenvalue weighted by Gasteiger charge is 2.31. The second kappa shape index (κ2) is 7.92. The maximum atomic E-state index is 13.2. The summed E-state index contributed by atoms with van der Waals surface area (Å²) in [4.78, 5) is 26.0. The Bertz CT molecular complexity index is 1350. The Kier molecular flexibility index (Phi) is 5.14. The van der Waals surface area contributed by atoms with Gasteiger partial charge < -0.3 is 9.84 Å². The summed E-state index contributed by atoms with van der Waals surface area (Å²) in [6, 6.07) is 18.3. The minimum absolute atomic E-state index is 0.303. The van der Waals surface area contributed by atoms with Gasteiger partial charge in [0.25, 0.3) is 0 Å². The van der Waals surface area contributed by atoms with Crippen LogP contribution in [-0.2, 0) is 4.79 Å². The maximum Gasteiger partial charge on any atom is 0.249 e. The van der Waals surface area contributed by atoms with E-state index < -0.39 is 17.6 Å². The second-order valence-electron chi connectivity index (χ2n) is 7.36. The van der Waals surface area contributed by atoms with Gasteiger partial charge in [-0.3, -0.25) is 14.2 Å². The molecule has 2 aromatic heterocycles. The first-order chi connectivity index (χ1) is 14.9. The normalized spacial score (nSPS) is 11.8. The number of rotatable bonds is 5. The molecule has 0 saturated carbocycles. The number of benzene rings is 2. The molecule has 4 aromatic rings. The fourth-order valence-corrected chi connectivity index (χ4v) is 3.75. The van der Waals surface area contributed by atoms with Crippen molar-refractivity contribution >= 4 is 28.2 Å². The molecule has 31 heavy (non-hydrogen) atoms. The van der Waals surface area contributed by atoms with E-state index in [4.69, 9.17) is 4.52 Å². The summed E-state index contributed by atoms with van der Waals surface area (Å²) in [6.45, 7) is 5.35. The molecule has 7 heteroatoms. The number of anilines is 1. The van der Waals surface area contributed by atoms with Crippen LogP contribution >= 0.6 is 0 Å². The fraction of sp³-hybridized carbons (Fsp3) is 0.167. The Hall–Kier alpha value is -4.18. The molecule has 154 valence electrons. The van der Waals surface area contributed by atoms with E-state index in [-0.39, 0.29) is 0 Å². The molecule has 0 aliphatic carbocycles. The number of nitriles is 1. The molecule has 1 atom stereocenters. The van der Waals surface area contributed by atoms with Crippen molar-refractivity contribution in [3.63, 3.8) is 0 Å². The Labute approximate surface area is 178 Å². The zero-order chi connectivity index (χ0) is 22.1. The van der Waals surface area contributed by atoms with Crippen LogP contribution in [0.3, 0.4) is 0 Å². The van der Waals surface area contributed by atoms with Gasteiger partial charge in [0.2, 0.25) is 5.91 Å². The van der Waals surface area contributed by atoms with E-state index in [0.29, 0.717) is 28.5 Å². The highest BCUT2D eigenvalue weighted by Crippen LogP contribution is 2.26. The SMILES string of the molecule is Cc1cc(-n2c(C)cc(C(=O)C(C#N)C(=O)Nc3cccc4ccccc34)c2C)no1. The van der Waals surface area contributed by atoms with Gasteiger partial charge in [0.05, 0.1) is 6.07 Å². The Balaban J connectivity index is 1.64. The van der Waals surface area contributed by atoms with E-state index in [9.17, 15) is 14.9 Å². The molecule has 0 saturated heterocycles. The largest absolute Gasteiger partial charge is 0.360 e. The van der Waals surface area contributed by atoms with E-state index in [0.717, 1.165) is 16.5 Å². The summed E-state index contributed by atoms with van der Waals surface area (Å²) in [5.74, 6) is -1.52. The molecule has 0 fully saturated rings. The van der Waals surface area contributed by atoms with Crippen molar-refractivity contribution in [1.82, 2.24) is 9.72 Å². The molecule has 4 rings (SSSR count). The van der Waals surface area contributed by atoms with Crippen molar-refractivity contribution in [2.75, 3.05) is 5.32 Å². The molecule has 0 aliphatic heterocycles. The summed E-state index contributed by atoms with van der Waals surface area (Å²) in [6.07, 6.45) is 0. The van der Waals surface area contributed by atoms with Crippen molar-refractivity contribution < 1.29 is 14.1 Å². The van der Waals surface area contributed by atoms with Gasteiger partial charge >= 0.3 is 0 Å². The van der Waals surface area contributed by atoms with E-state index >= 15 is 0 Å². The van der Waals surface area contributed by atoms with Crippen LogP contribution in [0.1, 0.15) is 27.5 Å².